The monoisotopic (exact) mass is 396 g/mol. The second-order valence-electron chi connectivity index (χ2n) is 5.30. The van der Waals surface area contributed by atoms with Crippen LogP contribution in [0.3, 0.4) is 0 Å². The SMILES string of the molecule is COc1ccc(Br)cc1S(=O)(=O)N1C[C@H]2CNC[C@H]2C1.Cl. The van der Waals surface area contributed by atoms with Gasteiger partial charge in [-0.15, -0.1) is 12.4 Å². The Morgan fingerprint density at radius 2 is 1.90 bits per heavy atom. The molecule has 0 unspecified atom stereocenters. The highest BCUT2D eigenvalue weighted by Crippen LogP contribution is 2.35. The third-order valence-corrected chi connectivity index (χ3v) is 6.45. The summed E-state index contributed by atoms with van der Waals surface area (Å²) in [6.45, 7) is 3.00. The van der Waals surface area contributed by atoms with Crippen molar-refractivity contribution in [2.24, 2.45) is 11.8 Å². The molecule has 0 aliphatic carbocycles. The van der Waals surface area contributed by atoms with E-state index in [2.05, 4.69) is 21.2 Å². The average molecular weight is 398 g/mol. The minimum Gasteiger partial charge on any atom is -0.495 e. The molecule has 8 heteroatoms. The van der Waals surface area contributed by atoms with Crippen LogP contribution >= 0.6 is 28.3 Å². The molecule has 2 fully saturated rings. The van der Waals surface area contributed by atoms with Crippen LogP contribution in [0.1, 0.15) is 0 Å². The number of fused-ring (bicyclic) bond motifs is 1. The zero-order valence-corrected chi connectivity index (χ0v) is 14.8. The zero-order chi connectivity index (χ0) is 14.3. The summed E-state index contributed by atoms with van der Waals surface area (Å²) in [5.74, 6) is 1.26. The van der Waals surface area contributed by atoms with Crippen LogP contribution in [-0.2, 0) is 10.0 Å². The third kappa shape index (κ3) is 3.07. The normalized spacial score (nSPS) is 25.4. The Morgan fingerprint density at radius 3 is 2.48 bits per heavy atom. The second-order valence-corrected chi connectivity index (χ2v) is 8.12. The molecule has 5 nitrogen and oxygen atoms in total. The van der Waals surface area contributed by atoms with Crippen molar-refractivity contribution in [1.29, 1.82) is 0 Å². The summed E-state index contributed by atoms with van der Waals surface area (Å²) in [7, 11) is -2.00. The molecule has 0 saturated carbocycles. The maximum Gasteiger partial charge on any atom is 0.246 e. The first-order chi connectivity index (χ1) is 9.52. The minimum atomic E-state index is -3.50. The van der Waals surface area contributed by atoms with E-state index < -0.39 is 10.0 Å². The van der Waals surface area contributed by atoms with Crippen molar-refractivity contribution in [1.82, 2.24) is 9.62 Å². The number of nitrogens with zero attached hydrogens (tertiary/aromatic N) is 1. The maximum absolute atomic E-state index is 12.8. The number of halogens is 2. The molecule has 3 rings (SSSR count). The Morgan fingerprint density at radius 1 is 1.29 bits per heavy atom. The summed E-state index contributed by atoms with van der Waals surface area (Å²) in [6.07, 6.45) is 0. The topological polar surface area (TPSA) is 58.6 Å². The van der Waals surface area contributed by atoms with Gasteiger partial charge in [0, 0.05) is 17.6 Å². The van der Waals surface area contributed by atoms with Crippen molar-refractivity contribution in [2.45, 2.75) is 4.90 Å². The van der Waals surface area contributed by atoms with Gasteiger partial charge in [0.1, 0.15) is 10.6 Å². The van der Waals surface area contributed by atoms with Crippen LogP contribution in [0.2, 0.25) is 0 Å². The van der Waals surface area contributed by atoms with Crippen molar-refractivity contribution in [3.63, 3.8) is 0 Å². The zero-order valence-electron chi connectivity index (χ0n) is 11.6. The Kier molecular flexibility index (Phi) is 5.20. The Labute approximate surface area is 139 Å². The van der Waals surface area contributed by atoms with Crippen molar-refractivity contribution in [3.05, 3.63) is 22.7 Å². The molecule has 0 aromatic heterocycles. The van der Waals surface area contributed by atoms with Crippen molar-refractivity contribution >= 4 is 38.4 Å². The molecule has 2 aliphatic rings. The fourth-order valence-corrected chi connectivity index (χ4v) is 5.25. The number of rotatable bonds is 3. The predicted octanol–water partition coefficient (Wildman–Crippen LogP) is 1.72. The average Bonchev–Trinajstić information content (AvgIpc) is 2.99. The molecule has 1 aromatic rings. The molecule has 2 aliphatic heterocycles. The van der Waals surface area contributed by atoms with Gasteiger partial charge in [-0.25, -0.2) is 8.42 Å². The number of hydrogen-bond acceptors (Lipinski definition) is 4. The first-order valence-corrected chi connectivity index (χ1v) is 8.80. The van der Waals surface area contributed by atoms with E-state index in [9.17, 15) is 8.42 Å². The molecular weight excluding hydrogens is 380 g/mol. The van der Waals surface area contributed by atoms with Gasteiger partial charge in [-0.05, 0) is 43.1 Å². The van der Waals surface area contributed by atoms with Crippen LogP contribution in [0, 0.1) is 11.8 Å². The maximum atomic E-state index is 12.8. The minimum absolute atomic E-state index is 0. The lowest BCUT2D eigenvalue weighted by Crippen LogP contribution is -2.32. The third-order valence-electron chi connectivity index (χ3n) is 4.10. The van der Waals surface area contributed by atoms with E-state index in [0.717, 1.165) is 17.6 Å². The summed E-state index contributed by atoms with van der Waals surface area (Å²) in [5.41, 5.74) is 0. The largest absolute Gasteiger partial charge is 0.495 e. The molecule has 21 heavy (non-hydrogen) atoms. The molecule has 0 spiro atoms. The summed E-state index contributed by atoms with van der Waals surface area (Å²) >= 11 is 3.33. The van der Waals surface area contributed by atoms with Gasteiger partial charge in [0.25, 0.3) is 0 Å². The van der Waals surface area contributed by atoms with Crippen LogP contribution < -0.4 is 10.1 Å². The Balaban J connectivity index is 0.00000161. The molecule has 1 N–H and O–H groups in total. The van der Waals surface area contributed by atoms with Crippen LogP contribution in [0.15, 0.2) is 27.6 Å². The molecule has 0 amide bonds. The molecule has 118 valence electrons. The lowest BCUT2D eigenvalue weighted by Gasteiger charge is -2.19. The van der Waals surface area contributed by atoms with Crippen molar-refractivity contribution < 1.29 is 13.2 Å². The van der Waals surface area contributed by atoms with E-state index >= 15 is 0 Å². The highest BCUT2D eigenvalue weighted by Gasteiger charge is 2.42. The van der Waals surface area contributed by atoms with Crippen molar-refractivity contribution in [3.8, 4) is 5.75 Å². The second kappa shape index (κ2) is 6.42. The Bertz CT molecular complexity index is 614. The molecule has 0 radical (unpaired) electrons. The molecule has 2 saturated heterocycles. The van der Waals surface area contributed by atoms with Gasteiger partial charge in [0.15, 0.2) is 0 Å². The van der Waals surface area contributed by atoms with Gasteiger partial charge in [0.2, 0.25) is 10.0 Å². The summed E-state index contributed by atoms with van der Waals surface area (Å²) in [5, 5.41) is 3.31. The van der Waals surface area contributed by atoms with Gasteiger partial charge >= 0.3 is 0 Å². The van der Waals surface area contributed by atoms with Gasteiger partial charge in [0.05, 0.1) is 7.11 Å². The predicted molar refractivity (Wildman–Crippen MR) is 86.6 cm³/mol. The lowest BCUT2D eigenvalue weighted by molar-refractivity contribution is 0.396. The van der Waals surface area contributed by atoms with Gasteiger partial charge in [-0.3, -0.25) is 0 Å². The van der Waals surface area contributed by atoms with E-state index in [1.54, 1.807) is 22.5 Å². The highest BCUT2D eigenvalue weighted by atomic mass is 79.9. The van der Waals surface area contributed by atoms with Crippen LogP contribution in [-0.4, -0.2) is 46.0 Å². The van der Waals surface area contributed by atoms with E-state index in [-0.39, 0.29) is 17.3 Å². The number of methoxy groups -OCH3 is 1. The summed E-state index contributed by atoms with van der Waals surface area (Å²) < 4.78 is 33.1. The number of ether oxygens (including phenoxy) is 1. The summed E-state index contributed by atoms with van der Waals surface area (Å²) in [4.78, 5) is 0.238. The van der Waals surface area contributed by atoms with Gasteiger partial charge in [-0.1, -0.05) is 15.9 Å². The quantitative estimate of drug-likeness (QED) is 0.844. The van der Waals surface area contributed by atoms with E-state index in [0.29, 0.717) is 30.7 Å². The molecule has 2 heterocycles. The standard InChI is InChI=1S/C13H17BrN2O3S.ClH/c1-19-12-3-2-11(14)4-13(12)20(17,18)16-7-9-5-15-6-10(9)8-16;/h2-4,9-10,15H,5-8H2,1H3;1H/t9-,10+;. The molecule has 0 bridgehead atoms. The number of hydrogen-bond donors (Lipinski definition) is 1. The number of sulfonamides is 1. The summed E-state index contributed by atoms with van der Waals surface area (Å²) in [6, 6.07) is 5.07. The number of benzene rings is 1. The van der Waals surface area contributed by atoms with Crippen molar-refractivity contribution in [2.75, 3.05) is 33.3 Å². The number of nitrogens with one attached hydrogen (secondary N) is 1. The Hall–Kier alpha value is -0.340. The van der Waals surface area contributed by atoms with E-state index in [1.807, 2.05) is 0 Å². The molecule has 1 aromatic carbocycles. The highest BCUT2D eigenvalue weighted by molar-refractivity contribution is 9.10. The lowest BCUT2D eigenvalue weighted by atomic mass is 10.0. The van der Waals surface area contributed by atoms with E-state index in [4.69, 9.17) is 4.74 Å². The smallest absolute Gasteiger partial charge is 0.246 e. The fourth-order valence-electron chi connectivity index (χ4n) is 3.00. The van der Waals surface area contributed by atoms with Gasteiger partial charge in [-0.2, -0.15) is 4.31 Å². The van der Waals surface area contributed by atoms with Crippen LogP contribution in [0.5, 0.6) is 5.75 Å². The van der Waals surface area contributed by atoms with E-state index in [1.165, 1.54) is 7.11 Å². The fraction of sp³-hybridized carbons (Fsp3) is 0.538. The van der Waals surface area contributed by atoms with Crippen LogP contribution in [0.4, 0.5) is 0 Å². The first kappa shape index (κ1) is 17.0. The molecular formula is C13H18BrClN2O3S. The van der Waals surface area contributed by atoms with Gasteiger partial charge < -0.3 is 10.1 Å². The molecule has 2 atom stereocenters. The van der Waals surface area contributed by atoms with Crippen LogP contribution in [0.25, 0.3) is 0 Å². The first-order valence-electron chi connectivity index (χ1n) is 6.57.